The number of alkyl halides is 1. The first-order valence-corrected chi connectivity index (χ1v) is 6.39. The zero-order valence-electron chi connectivity index (χ0n) is 8.95. The summed E-state index contributed by atoms with van der Waals surface area (Å²) in [5, 5.41) is 1.02. The van der Waals surface area contributed by atoms with Crippen molar-refractivity contribution in [1.29, 1.82) is 0 Å². The van der Waals surface area contributed by atoms with Gasteiger partial charge in [0.1, 0.15) is 0 Å². The fourth-order valence-corrected chi connectivity index (χ4v) is 1.89. The quantitative estimate of drug-likeness (QED) is 0.511. The fraction of sp³-hybridized carbons (Fsp3) is 0.286. The maximum absolute atomic E-state index is 4.03. The largest absolute Gasteiger partial charge is 0.0998 e. The Hall–Kier alpha value is -0.820. The van der Waals surface area contributed by atoms with Crippen molar-refractivity contribution in [3.63, 3.8) is 0 Å². The van der Waals surface area contributed by atoms with Gasteiger partial charge in [0.25, 0.3) is 0 Å². The van der Waals surface area contributed by atoms with Crippen molar-refractivity contribution in [2.24, 2.45) is 0 Å². The molecule has 15 heavy (non-hydrogen) atoms. The molecule has 0 aliphatic carbocycles. The second-order valence-electron chi connectivity index (χ2n) is 3.54. The normalized spacial score (nSPS) is 10.7. The van der Waals surface area contributed by atoms with E-state index in [0.29, 0.717) is 0 Å². The van der Waals surface area contributed by atoms with Gasteiger partial charge in [-0.15, -0.1) is 0 Å². The van der Waals surface area contributed by atoms with E-state index >= 15 is 0 Å². The Bertz CT molecular complexity index is 311. The summed E-state index contributed by atoms with van der Waals surface area (Å²) < 4.78 is 0. The molecule has 0 atom stereocenters. The number of halogens is 1. The predicted octanol–water partition coefficient (Wildman–Crippen LogP) is 4.82. The highest BCUT2D eigenvalue weighted by Gasteiger charge is 1.91. The average molecular weight is 265 g/mol. The third kappa shape index (κ3) is 5.58. The highest BCUT2D eigenvalue weighted by atomic mass is 79.9. The maximum Gasteiger partial charge on any atom is 0.00684 e. The van der Waals surface area contributed by atoms with Crippen molar-refractivity contribution in [3.8, 4) is 0 Å². The lowest BCUT2D eigenvalue weighted by Gasteiger charge is -1.99. The summed E-state index contributed by atoms with van der Waals surface area (Å²) >= 11 is 3.42. The van der Waals surface area contributed by atoms with Crippen molar-refractivity contribution in [2.75, 3.05) is 5.33 Å². The van der Waals surface area contributed by atoms with E-state index in [1.165, 1.54) is 11.1 Å². The molecule has 1 rings (SSSR count). The maximum atomic E-state index is 4.03. The first-order valence-electron chi connectivity index (χ1n) is 5.27. The Morgan fingerprint density at radius 1 is 1.20 bits per heavy atom. The Balaban J connectivity index is 2.26. The van der Waals surface area contributed by atoms with Gasteiger partial charge in [-0.05, 0) is 24.8 Å². The molecular formula is C14H17Br. The summed E-state index contributed by atoms with van der Waals surface area (Å²) in [6.45, 7) is 4.03. The van der Waals surface area contributed by atoms with E-state index in [9.17, 15) is 0 Å². The topological polar surface area (TPSA) is 0 Å². The van der Waals surface area contributed by atoms with Gasteiger partial charge in [0.15, 0.2) is 0 Å². The summed E-state index contributed by atoms with van der Waals surface area (Å²) in [6.07, 6.45) is 7.64. The van der Waals surface area contributed by atoms with Crippen LogP contribution in [-0.2, 0) is 0 Å². The van der Waals surface area contributed by atoms with E-state index in [0.717, 1.165) is 24.6 Å². The minimum atomic E-state index is 1.02. The van der Waals surface area contributed by atoms with Crippen LogP contribution < -0.4 is 0 Å². The van der Waals surface area contributed by atoms with Gasteiger partial charge in [-0.2, -0.15) is 0 Å². The van der Waals surface area contributed by atoms with E-state index in [-0.39, 0.29) is 0 Å². The Kier molecular flexibility index (Phi) is 6.10. The van der Waals surface area contributed by atoms with Gasteiger partial charge in [0.2, 0.25) is 0 Å². The molecule has 0 nitrogen and oxygen atoms in total. The lowest BCUT2D eigenvalue weighted by atomic mass is 10.1. The summed E-state index contributed by atoms with van der Waals surface area (Å²) in [4.78, 5) is 0. The molecule has 0 fully saturated rings. The second-order valence-corrected chi connectivity index (χ2v) is 4.33. The van der Waals surface area contributed by atoms with Gasteiger partial charge in [-0.3, -0.25) is 0 Å². The molecule has 0 radical (unpaired) electrons. The van der Waals surface area contributed by atoms with Gasteiger partial charge in [0, 0.05) is 5.33 Å². The van der Waals surface area contributed by atoms with Crippen molar-refractivity contribution >= 4 is 22.0 Å². The molecular weight excluding hydrogens is 248 g/mol. The lowest BCUT2D eigenvalue weighted by molar-refractivity contribution is 0.925. The second kappa shape index (κ2) is 7.47. The van der Waals surface area contributed by atoms with E-state index in [2.05, 4.69) is 58.9 Å². The van der Waals surface area contributed by atoms with Crippen LogP contribution >= 0.6 is 15.9 Å². The molecule has 0 heterocycles. The molecule has 0 saturated heterocycles. The average Bonchev–Trinajstić information content (AvgIpc) is 2.26. The van der Waals surface area contributed by atoms with Gasteiger partial charge in [-0.25, -0.2) is 0 Å². The Morgan fingerprint density at radius 2 is 1.93 bits per heavy atom. The molecule has 0 aromatic heterocycles. The number of hydrogen-bond acceptors (Lipinski definition) is 0. The highest BCUT2D eigenvalue weighted by Crippen LogP contribution is 2.10. The molecule has 0 aliphatic heterocycles. The Labute approximate surface area is 101 Å². The molecule has 0 unspecified atom stereocenters. The summed E-state index contributed by atoms with van der Waals surface area (Å²) in [5.74, 6) is 0. The highest BCUT2D eigenvalue weighted by molar-refractivity contribution is 9.09. The van der Waals surface area contributed by atoms with Gasteiger partial charge in [0.05, 0.1) is 0 Å². The molecule has 0 amide bonds. The van der Waals surface area contributed by atoms with E-state index in [1.54, 1.807) is 0 Å². The Morgan fingerprint density at radius 3 is 2.60 bits per heavy atom. The SMILES string of the molecule is C=C(CCBr)CC/C=C/c1ccccc1. The first kappa shape index (κ1) is 12.3. The van der Waals surface area contributed by atoms with Crippen LogP contribution in [-0.4, -0.2) is 5.33 Å². The number of benzene rings is 1. The van der Waals surface area contributed by atoms with Crippen molar-refractivity contribution in [1.82, 2.24) is 0 Å². The first-order chi connectivity index (χ1) is 7.33. The van der Waals surface area contributed by atoms with Crippen LogP contribution in [0.1, 0.15) is 24.8 Å². The molecule has 1 aromatic carbocycles. The number of allylic oxidation sites excluding steroid dienone is 2. The smallest absolute Gasteiger partial charge is 0.00684 e. The van der Waals surface area contributed by atoms with E-state index < -0.39 is 0 Å². The van der Waals surface area contributed by atoms with Crippen molar-refractivity contribution in [2.45, 2.75) is 19.3 Å². The van der Waals surface area contributed by atoms with Crippen molar-refractivity contribution in [3.05, 3.63) is 54.1 Å². The van der Waals surface area contributed by atoms with Crippen LogP contribution in [0.4, 0.5) is 0 Å². The van der Waals surface area contributed by atoms with Crippen LogP contribution in [0.5, 0.6) is 0 Å². The van der Waals surface area contributed by atoms with Gasteiger partial charge >= 0.3 is 0 Å². The van der Waals surface area contributed by atoms with E-state index in [1.807, 2.05) is 6.07 Å². The molecule has 1 aromatic rings. The standard InChI is InChI=1S/C14H17Br/c1-13(11-12-15)7-5-6-10-14-8-3-2-4-9-14/h2-4,6,8-10H,1,5,7,11-12H2/b10-6+. The third-order valence-corrected chi connectivity index (χ3v) is 2.62. The van der Waals surface area contributed by atoms with Crippen LogP contribution in [0.2, 0.25) is 0 Å². The van der Waals surface area contributed by atoms with Gasteiger partial charge < -0.3 is 0 Å². The minimum absolute atomic E-state index is 1.02. The van der Waals surface area contributed by atoms with Crippen LogP contribution in [0.3, 0.4) is 0 Å². The van der Waals surface area contributed by atoms with Crippen LogP contribution in [0.25, 0.3) is 6.08 Å². The summed E-state index contributed by atoms with van der Waals surface area (Å²) in [6, 6.07) is 10.4. The molecule has 0 spiro atoms. The van der Waals surface area contributed by atoms with E-state index in [4.69, 9.17) is 0 Å². The monoisotopic (exact) mass is 264 g/mol. The van der Waals surface area contributed by atoms with Crippen LogP contribution in [0, 0.1) is 0 Å². The molecule has 1 heteroatoms. The minimum Gasteiger partial charge on any atom is -0.0998 e. The third-order valence-electron chi connectivity index (χ3n) is 2.22. The van der Waals surface area contributed by atoms with Crippen molar-refractivity contribution < 1.29 is 0 Å². The van der Waals surface area contributed by atoms with Gasteiger partial charge in [-0.1, -0.05) is 70.6 Å². The zero-order chi connectivity index (χ0) is 10.9. The molecule has 0 bridgehead atoms. The lowest BCUT2D eigenvalue weighted by Crippen LogP contribution is -1.81. The van der Waals surface area contributed by atoms with Crippen LogP contribution in [0.15, 0.2) is 48.6 Å². The molecule has 80 valence electrons. The summed E-state index contributed by atoms with van der Waals surface area (Å²) in [5.41, 5.74) is 2.59. The fourth-order valence-electron chi connectivity index (χ4n) is 1.33. The molecule has 0 aliphatic rings. The molecule has 0 N–H and O–H groups in total. The zero-order valence-corrected chi connectivity index (χ0v) is 10.5. The predicted molar refractivity (Wildman–Crippen MR) is 72.3 cm³/mol. The number of rotatable bonds is 6. The molecule has 0 saturated carbocycles. The summed E-state index contributed by atoms with van der Waals surface area (Å²) in [7, 11) is 0. The number of hydrogen-bond donors (Lipinski definition) is 0.